The Morgan fingerprint density at radius 1 is 1.19 bits per heavy atom. The Bertz CT molecular complexity index is 792. The van der Waals surface area contributed by atoms with Crippen LogP contribution < -0.4 is 5.56 Å². The highest BCUT2D eigenvalue weighted by Gasteiger charge is 2.22. The van der Waals surface area contributed by atoms with Gasteiger partial charge in [-0.15, -0.1) is 0 Å². The molecule has 0 radical (unpaired) electrons. The summed E-state index contributed by atoms with van der Waals surface area (Å²) in [7, 11) is 0. The number of nitrogens with zero attached hydrogens (tertiary/aromatic N) is 5. The third-order valence-electron chi connectivity index (χ3n) is 5.76. The smallest absolute Gasteiger partial charge is 0.253 e. The molecule has 4 heterocycles. The molecule has 4 rings (SSSR count). The minimum absolute atomic E-state index is 0.0821. The first-order valence-electron chi connectivity index (χ1n) is 9.93. The second-order valence-corrected chi connectivity index (χ2v) is 8.13. The molecule has 0 saturated carbocycles. The second-order valence-electron chi connectivity index (χ2n) is 8.13. The summed E-state index contributed by atoms with van der Waals surface area (Å²) in [4.78, 5) is 19.2. The van der Waals surface area contributed by atoms with Crippen molar-refractivity contribution in [2.75, 3.05) is 13.1 Å². The number of piperidine rings is 1. The average molecular weight is 355 g/mol. The lowest BCUT2D eigenvalue weighted by atomic mass is 9.96. The van der Waals surface area contributed by atoms with Crippen molar-refractivity contribution in [3.05, 3.63) is 45.9 Å². The van der Waals surface area contributed by atoms with Gasteiger partial charge in [0.25, 0.3) is 5.56 Å². The number of hydrogen-bond acceptors (Lipinski definition) is 4. The summed E-state index contributed by atoms with van der Waals surface area (Å²) < 4.78 is 3.95. The Hall–Kier alpha value is -1.95. The van der Waals surface area contributed by atoms with E-state index in [1.165, 1.54) is 24.2 Å². The topological polar surface area (TPSA) is 56.0 Å². The van der Waals surface area contributed by atoms with Crippen molar-refractivity contribution >= 4 is 0 Å². The van der Waals surface area contributed by atoms with Crippen LogP contribution in [0.1, 0.15) is 56.1 Å². The van der Waals surface area contributed by atoms with Crippen molar-refractivity contribution in [3.8, 4) is 0 Å². The van der Waals surface area contributed by atoms with Gasteiger partial charge in [0.15, 0.2) is 0 Å². The van der Waals surface area contributed by atoms with Crippen molar-refractivity contribution in [2.45, 2.75) is 65.1 Å². The third-order valence-corrected chi connectivity index (χ3v) is 5.76. The number of aromatic nitrogens is 4. The van der Waals surface area contributed by atoms with Gasteiger partial charge in [-0.2, -0.15) is 5.10 Å². The van der Waals surface area contributed by atoms with E-state index in [0.717, 1.165) is 51.3 Å². The van der Waals surface area contributed by atoms with Crippen molar-refractivity contribution in [2.24, 2.45) is 5.92 Å². The van der Waals surface area contributed by atoms with Crippen molar-refractivity contribution in [1.29, 1.82) is 0 Å². The fraction of sp³-hybridized carbons (Fsp3) is 0.650. The molecule has 0 aliphatic carbocycles. The van der Waals surface area contributed by atoms with E-state index < -0.39 is 0 Å². The highest BCUT2D eigenvalue weighted by Crippen LogP contribution is 2.22. The number of fused-ring (bicyclic) bond motifs is 1. The minimum Gasteiger partial charge on any atom is -0.299 e. The van der Waals surface area contributed by atoms with Crippen molar-refractivity contribution in [3.63, 3.8) is 0 Å². The van der Waals surface area contributed by atoms with Gasteiger partial charge in [-0.3, -0.25) is 18.9 Å². The summed E-state index contributed by atoms with van der Waals surface area (Å²) in [5, 5.41) is 4.73. The van der Waals surface area contributed by atoms with E-state index >= 15 is 0 Å². The molecule has 1 saturated heterocycles. The van der Waals surface area contributed by atoms with E-state index in [2.05, 4.69) is 34.5 Å². The van der Waals surface area contributed by atoms with E-state index in [1.807, 2.05) is 0 Å². The van der Waals surface area contributed by atoms with Crippen LogP contribution in [-0.4, -0.2) is 37.3 Å². The molecule has 0 unspecified atom stereocenters. The normalized spacial score (nSPS) is 18.6. The highest BCUT2D eigenvalue weighted by molar-refractivity contribution is 5.13. The SMILES string of the molecule is CC(C)c1cc(=O)n(CC2CCN(Cc3cc4n(n3)CCC4)CC2)cn1. The molecule has 6 nitrogen and oxygen atoms in total. The summed E-state index contributed by atoms with van der Waals surface area (Å²) in [6.45, 7) is 9.12. The number of aryl methyl sites for hydroxylation is 2. The van der Waals surface area contributed by atoms with Gasteiger partial charge in [0, 0.05) is 31.4 Å². The van der Waals surface area contributed by atoms with Gasteiger partial charge in [0.2, 0.25) is 0 Å². The molecule has 2 aliphatic rings. The maximum atomic E-state index is 12.3. The lowest BCUT2D eigenvalue weighted by molar-refractivity contribution is 0.164. The number of rotatable bonds is 5. The van der Waals surface area contributed by atoms with Gasteiger partial charge in [0.1, 0.15) is 0 Å². The molecule has 0 bridgehead atoms. The first-order chi connectivity index (χ1) is 12.6. The van der Waals surface area contributed by atoms with Gasteiger partial charge < -0.3 is 0 Å². The zero-order valence-electron chi connectivity index (χ0n) is 15.9. The van der Waals surface area contributed by atoms with E-state index in [9.17, 15) is 4.79 Å². The predicted molar refractivity (Wildman–Crippen MR) is 101 cm³/mol. The molecule has 2 aliphatic heterocycles. The zero-order chi connectivity index (χ0) is 18.1. The lowest BCUT2D eigenvalue weighted by Crippen LogP contribution is -2.36. The molecule has 140 valence electrons. The molecule has 0 N–H and O–H groups in total. The van der Waals surface area contributed by atoms with E-state index in [-0.39, 0.29) is 5.56 Å². The Kier molecular flexibility index (Phi) is 4.94. The summed E-state index contributed by atoms with van der Waals surface area (Å²) >= 11 is 0. The Morgan fingerprint density at radius 3 is 2.69 bits per heavy atom. The van der Waals surface area contributed by atoms with Gasteiger partial charge in [0.05, 0.1) is 17.7 Å². The van der Waals surface area contributed by atoms with Gasteiger partial charge in [-0.25, -0.2) is 4.98 Å². The number of hydrogen-bond donors (Lipinski definition) is 0. The number of likely N-dealkylation sites (tertiary alicyclic amines) is 1. The van der Waals surface area contributed by atoms with Gasteiger partial charge in [-0.05, 0) is 56.7 Å². The van der Waals surface area contributed by atoms with Crippen molar-refractivity contribution in [1.82, 2.24) is 24.2 Å². The highest BCUT2D eigenvalue weighted by atomic mass is 16.1. The van der Waals surface area contributed by atoms with Crippen LogP contribution in [0.2, 0.25) is 0 Å². The fourth-order valence-corrected chi connectivity index (χ4v) is 4.12. The summed E-state index contributed by atoms with van der Waals surface area (Å²) in [6.07, 6.45) is 6.41. The van der Waals surface area contributed by atoms with Crippen LogP contribution in [0, 0.1) is 5.92 Å². The monoisotopic (exact) mass is 355 g/mol. The minimum atomic E-state index is 0.0821. The molecule has 2 aromatic heterocycles. The van der Waals surface area contributed by atoms with E-state index in [0.29, 0.717) is 11.8 Å². The maximum absolute atomic E-state index is 12.3. The molecule has 0 amide bonds. The quantitative estimate of drug-likeness (QED) is 0.827. The fourth-order valence-electron chi connectivity index (χ4n) is 4.12. The standard InChI is InChI=1S/C20H29N5O/c1-15(2)19-11-20(26)24(14-21-19)12-16-5-8-23(9-6-16)13-17-10-18-4-3-7-25(18)22-17/h10-11,14-16H,3-9,12-13H2,1-2H3. The van der Waals surface area contributed by atoms with Crippen LogP contribution in [0.15, 0.2) is 23.3 Å². The Labute approximate surface area is 154 Å². The van der Waals surface area contributed by atoms with Crippen LogP contribution in [-0.2, 0) is 26.1 Å². The molecule has 26 heavy (non-hydrogen) atoms. The largest absolute Gasteiger partial charge is 0.299 e. The summed E-state index contributed by atoms with van der Waals surface area (Å²) in [5.74, 6) is 0.854. The Morgan fingerprint density at radius 2 is 2.00 bits per heavy atom. The summed E-state index contributed by atoms with van der Waals surface area (Å²) in [5.41, 5.74) is 3.57. The molecular formula is C20H29N5O. The van der Waals surface area contributed by atoms with Crippen LogP contribution in [0.3, 0.4) is 0 Å². The van der Waals surface area contributed by atoms with E-state index in [1.54, 1.807) is 17.0 Å². The average Bonchev–Trinajstić information content (AvgIpc) is 3.19. The van der Waals surface area contributed by atoms with Crippen LogP contribution in [0.25, 0.3) is 0 Å². The van der Waals surface area contributed by atoms with Gasteiger partial charge in [-0.1, -0.05) is 13.8 Å². The second kappa shape index (κ2) is 7.35. The van der Waals surface area contributed by atoms with Crippen LogP contribution in [0.5, 0.6) is 0 Å². The van der Waals surface area contributed by atoms with Crippen molar-refractivity contribution < 1.29 is 0 Å². The molecule has 2 aromatic rings. The zero-order valence-corrected chi connectivity index (χ0v) is 15.9. The predicted octanol–water partition coefficient (Wildman–Crippen LogP) is 2.42. The van der Waals surface area contributed by atoms with Crippen LogP contribution in [0.4, 0.5) is 0 Å². The van der Waals surface area contributed by atoms with Crippen LogP contribution >= 0.6 is 0 Å². The Balaban J connectivity index is 1.30. The molecule has 0 aromatic carbocycles. The molecule has 6 heteroatoms. The molecular weight excluding hydrogens is 326 g/mol. The first kappa shape index (κ1) is 17.5. The first-order valence-corrected chi connectivity index (χ1v) is 9.93. The maximum Gasteiger partial charge on any atom is 0.253 e. The van der Waals surface area contributed by atoms with E-state index in [4.69, 9.17) is 5.10 Å². The molecule has 1 fully saturated rings. The third kappa shape index (κ3) is 3.75. The molecule has 0 spiro atoms. The van der Waals surface area contributed by atoms with Gasteiger partial charge >= 0.3 is 0 Å². The summed E-state index contributed by atoms with van der Waals surface area (Å²) in [6, 6.07) is 3.97. The molecule has 0 atom stereocenters. The lowest BCUT2D eigenvalue weighted by Gasteiger charge is -2.31.